The van der Waals surface area contributed by atoms with Crippen molar-refractivity contribution in [2.75, 3.05) is 19.4 Å². The molecule has 0 fully saturated rings. The highest BCUT2D eigenvalue weighted by Gasteiger charge is 2.13. The van der Waals surface area contributed by atoms with E-state index in [0.717, 1.165) is 11.3 Å². The molecule has 0 saturated heterocycles. The van der Waals surface area contributed by atoms with Crippen LogP contribution in [0.5, 0.6) is 0 Å². The second kappa shape index (κ2) is 6.44. The molecule has 0 aromatic heterocycles. The Morgan fingerprint density at radius 3 is 2.40 bits per heavy atom. The molecule has 20 heavy (non-hydrogen) atoms. The fraction of sp³-hybridized carbons (Fsp3) is 0.188. The second-order valence-electron chi connectivity index (χ2n) is 4.58. The van der Waals surface area contributed by atoms with E-state index in [4.69, 9.17) is 11.6 Å². The second-order valence-corrected chi connectivity index (χ2v) is 4.99. The van der Waals surface area contributed by atoms with E-state index in [1.807, 2.05) is 55.6 Å². The Kier molecular flexibility index (Phi) is 4.64. The van der Waals surface area contributed by atoms with Gasteiger partial charge in [-0.2, -0.15) is 0 Å². The molecule has 0 aliphatic rings. The summed E-state index contributed by atoms with van der Waals surface area (Å²) in [7, 11) is 3.62. The van der Waals surface area contributed by atoms with E-state index < -0.39 is 0 Å². The maximum atomic E-state index is 12.3. The Balaban J connectivity index is 2.10. The zero-order valence-corrected chi connectivity index (χ0v) is 12.3. The maximum Gasteiger partial charge on any atom is 0.253 e. The number of halogens is 1. The van der Waals surface area contributed by atoms with E-state index in [-0.39, 0.29) is 5.91 Å². The number of nitrogens with one attached hydrogen (secondary N) is 1. The van der Waals surface area contributed by atoms with Crippen molar-refractivity contribution in [1.82, 2.24) is 4.90 Å². The van der Waals surface area contributed by atoms with Crippen LogP contribution in [0.15, 0.2) is 48.5 Å². The van der Waals surface area contributed by atoms with Crippen molar-refractivity contribution in [3.8, 4) is 0 Å². The first-order valence-electron chi connectivity index (χ1n) is 6.38. The molecule has 1 N–H and O–H groups in total. The average Bonchev–Trinajstić information content (AvgIpc) is 2.49. The summed E-state index contributed by atoms with van der Waals surface area (Å²) in [5, 5.41) is 3.71. The summed E-state index contributed by atoms with van der Waals surface area (Å²) in [5.74, 6) is -0.0208. The van der Waals surface area contributed by atoms with Gasteiger partial charge in [-0.15, -0.1) is 0 Å². The van der Waals surface area contributed by atoms with Crippen LogP contribution in [-0.2, 0) is 6.54 Å². The Labute approximate surface area is 124 Å². The van der Waals surface area contributed by atoms with E-state index >= 15 is 0 Å². The number of amides is 1. The van der Waals surface area contributed by atoms with Gasteiger partial charge < -0.3 is 10.2 Å². The Morgan fingerprint density at radius 2 is 1.80 bits per heavy atom. The molecule has 0 aliphatic carbocycles. The van der Waals surface area contributed by atoms with Crippen molar-refractivity contribution in [2.24, 2.45) is 0 Å². The third kappa shape index (κ3) is 3.31. The van der Waals surface area contributed by atoms with Crippen LogP contribution in [-0.4, -0.2) is 24.9 Å². The lowest BCUT2D eigenvalue weighted by Gasteiger charge is -2.18. The number of anilines is 1. The van der Waals surface area contributed by atoms with Gasteiger partial charge in [0.25, 0.3) is 5.91 Å². The van der Waals surface area contributed by atoms with Gasteiger partial charge in [-0.3, -0.25) is 4.79 Å². The summed E-state index contributed by atoms with van der Waals surface area (Å²) in [6.45, 7) is 0.492. The van der Waals surface area contributed by atoms with E-state index in [0.29, 0.717) is 17.1 Å². The fourth-order valence-corrected chi connectivity index (χ4v) is 2.15. The molecule has 1 amide bonds. The molecule has 0 bridgehead atoms. The summed E-state index contributed by atoms with van der Waals surface area (Å²) in [5.41, 5.74) is 2.59. The van der Waals surface area contributed by atoms with Gasteiger partial charge in [-0.25, -0.2) is 0 Å². The molecular weight excluding hydrogens is 272 g/mol. The van der Waals surface area contributed by atoms with Crippen molar-refractivity contribution >= 4 is 23.2 Å². The molecule has 0 atom stereocenters. The third-order valence-corrected chi connectivity index (χ3v) is 3.50. The van der Waals surface area contributed by atoms with Crippen molar-refractivity contribution in [2.45, 2.75) is 6.54 Å². The summed E-state index contributed by atoms with van der Waals surface area (Å²) >= 11 is 6.11. The zero-order chi connectivity index (χ0) is 14.5. The van der Waals surface area contributed by atoms with Gasteiger partial charge in [0.05, 0.1) is 0 Å². The van der Waals surface area contributed by atoms with Crippen molar-refractivity contribution in [3.05, 3.63) is 64.7 Å². The van der Waals surface area contributed by atoms with Crippen LogP contribution in [0.4, 0.5) is 5.69 Å². The highest BCUT2D eigenvalue weighted by Crippen LogP contribution is 2.18. The Hall–Kier alpha value is -2.00. The molecule has 0 radical (unpaired) electrons. The van der Waals surface area contributed by atoms with Gasteiger partial charge >= 0.3 is 0 Å². The first-order valence-corrected chi connectivity index (χ1v) is 6.76. The number of hydrogen-bond acceptors (Lipinski definition) is 2. The summed E-state index contributed by atoms with van der Waals surface area (Å²) in [4.78, 5) is 14.0. The molecule has 2 rings (SSSR count). The lowest BCUT2D eigenvalue weighted by atomic mass is 10.1. The quantitative estimate of drug-likeness (QED) is 0.931. The van der Waals surface area contributed by atoms with Crippen LogP contribution in [0, 0.1) is 0 Å². The molecule has 0 unspecified atom stereocenters. The number of benzene rings is 2. The van der Waals surface area contributed by atoms with E-state index in [9.17, 15) is 4.79 Å². The van der Waals surface area contributed by atoms with Crippen molar-refractivity contribution in [1.29, 1.82) is 0 Å². The molecule has 0 saturated carbocycles. The van der Waals surface area contributed by atoms with E-state index in [1.165, 1.54) is 0 Å². The van der Waals surface area contributed by atoms with E-state index in [2.05, 4.69) is 5.32 Å². The van der Waals surface area contributed by atoms with Gasteiger partial charge in [0.2, 0.25) is 0 Å². The molecule has 0 spiro atoms. The largest absolute Gasteiger partial charge is 0.388 e. The number of nitrogens with zero attached hydrogens (tertiary/aromatic N) is 1. The van der Waals surface area contributed by atoms with Gasteiger partial charge in [-0.1, -0.05) is 29.8 Å². The van der Waals surface area contributed by atoms with E-state index in [1.54, 1.807) is 11.9 Å². The predicted molar refractivity (Wildman–Crippen MR) is 83.2 cm³/mol. The lowest BCUT2D eigenvalue weighted by molar-refractivity contribution is 0.0785. The van der Waals surface area contributed by atoms with Gasteiger partial charge in [-0.05, 0) is 35.9 Å². The summed E-state index contributed by atoms with van der Waals surface area (Å²) in [6.07, 6.45) is 0. The monoisotopic (exact) mass is 288 g/mol. The Morgan fingerprint density at radius 1 is 1.15 bits per heavy atom. The first-order chi connectivity index (χ1) is 9.61. The molecule has 2 aromatic carbocycles. The van der Waals surface area contributed by atoms with Crippen LogP contribution in [0.3, 0.4) is 0 Å². The minimum Gasteiger partial charge on any atom is -0.388 e. The van der Waals surface area contributed by atoms with Gasteiger partial charge in [0, 0.05) is 36.9 Å². The number of hydrogen-bond donors (Lipinski definition) is 1. The maximum absolute atomic E-state index is 12.3. The van der Waals surface area contributed by atoms with Crippen LogP contribution < -0.4 is 5.32 Å². The molecule has 4 heteroatoms. The standard InChI is InChI=1S/C16H17ClN2O/c1-18-14-9-7-12(8-10-14)16(20)19(2)11-13-5-3-4-6-15(13)17/h3-10,18H,11H2,1-2H3. The average molecular weight is 289 g/mol. The fourth-order valence-electron chi connectivity index (χ4n) is 1.95. The lowest BCUT2D eigenvalue weighted by Crippen LogP contribution is -2.26. The smallest absolute Gasteiger partial charge is 0.253 e. The molecule has 3 nitrogen and oxygen atoms in total. The predicted octanol–water partition coefficient (Wildman–Crippen LogP) is 3.65. The van der Waals surface area contributed by atoms with Crippen LogP contribution >= 0.6 is 11.6 Å². The molecule has 2 aromatic rings. The SMILES string of the molecule is CNc1ccc(C(=O)N(C)Cc2ccccc2Cl)cc1. The molecule has 104 valence electrons. The first kappa shape index (κ1) is 14.4. The minimum atomic E-state index is -0.0208. The number of carbonyl (C=O) groups is 1. The van der Waals surface area contributed by atoms with Gasteiger partial charge in [0.15, 0.2) is 0 Å². The topological polar surface area (TPSA) is 32.3 Å². The van der Waals surface area contributed by atoms with Crippen LogP contribution in [0.2, 0.25) is 5.02 Å². The van der Waals surface area contributed by atoms with Crippen LogP contribution in [0.25, 0.3) is 0 Å². The molecular formula is C16H17ClN2O. The normalized spacial score (nSPS) is 10.2. The Bertz CT molecular complexity index is 596. The molecule has 0 aliphatic heterocycles. The highest BCUT2D eigenvalue weighted by molar-refractivity contribution is 6.31. The highest BCUT2D eigenvalue weighted by atomic mass is 35.5. The van der Waals surface area contributed by atoms with Crippen molar-refractivity contribution < 1.29 is 4.79 Å². The number of carbonyl (C=O) groups excluding carboxylic acids is 1. The minimum absolute atomic E-state index is 0.0208. The number of rotatable bonds is 4. The third-order valence-electron chi connectivity index (χ3n) is 3.13. The van der Waals surface area contributed by atoms with Crippen LogP contribution in [0.1, 0.15) is 15.9 Å². The zero-order valence-electron chi connectivity index (χ0n) is 11.6. The summed E-state index contributed by atoms with van der Waals surface area (Å²) in [6, 6.07) is 15.0. The molecule has 0 heterocycles. The summed E-state index contributed by atoms with van der Waals surface area (Å²) < 4.78 is 0. The van der Waals surface area contributed by atoms with Crippen molar-refractivity contribution in [3.63, 3.8) is 0 Å². The van der Waals surface area contributed by atoms with Gasteiger partial charge in [0.1, 0.15) is 0 Å².